The Morgan fingerprint density at radius 1 is 1.02 bits per heavy atom. The van der Waals surface area contributed by atoms with Crippen molar-refractivity contribution in [2.45, 2.75) is 58.7 Å². The summed E-state index contributed by atoms with van der Waals surface area (Å²) in [5.41, 5.74) is 5.59. The zero-order chi connectivity index (χ0) is 30.6. The molecule has 6 nitrogen and oxygen atoms in total. The van der Waals surface area contributed by atoms with E-state index in [9.17, 15) is 13.9 Å². The second kappa shape index (κ2) is 13.4. The van der Waals surface area contributed by atoms with Crippen LogP contribution in [0.2, 0.25) is 0 Å². The van der Waals surface area contributed by atoms with Crippen LogP contribution < -0.4 is 9.47 Å². The minimum Gasteiger partial charge on any atom is -0.490 e. The van der Waals surface area contributed by atoms with Crippen LogP contribution in [0.5, 0.6) is 11.5 Å². The van der Waals surface area contributed by atoms with Crippen LogP contribution in [0.25, 0.3) is 21.2 Å². The minimum absolute atomic E-state index is 0.0129. The SMILES string of the molecule is CC#C[C@@H](CC(=O)OC)c1ccc(OCc2ccc3sc(C)c(-c4ccc(OC5CCS(O)(O)CC5)cc4C)c3c2)cc1. The molecular weight excluding hydrogens is 581 g/mol. The minimum atomic E-state index is -2.42. The van der Waals surface area contributed by atoms with Crippen molar-refractivity contribution >= 4 is 38.0 Å². The van der Waals surface area contributed by atoms with Gasteiger partial charge in [-0.1, -0.05) is 30.2 Å². The zero-order valence-corrected chi connectivity index (χ0v) is 26.6. The summed E-state index contributed by atoms with van der Waals surface area (Å²) in [6.07, 6.45) is 1.55. The smallest absolute Gasteiger partial charge is 0.307 e. The Kier molecular flexibility index (Phi) is 9.68. The van der Waals surface area contributed by atoms with Crippen LogP contribution in [0.15, 0.2) is 60.7 Å². The number of hydrogen-bond donors (Lipinski definition) is 2. The highest BCUT2D eigenvalue weighted by molar-refractivity contribution is 8.24. The van der Waals surface area contributed by atoms with Gasteiger partial charge < -0.3 is 14.2 Å². The third-order valence-corrected chi connectivity index (χ3v) is 10.7. The van der Waals surface area contributed by atoms with Crippen LogP contribution in [0.1, 0.15) is 53.7 Å². The maximum Gasteiger partial charge on any atom is 0.307 e. The first-order valence-corrected chi connectivity index (χ1v) is 17.1. The molecule has 226 valence electrons. The predicted molar refractivity (Wildman–Crippen MR) is 177 cm³/mol. The largest absolute Gasteiger partial charge is 0.490 e. The standard InChI is InChI=1S/C35H38O6S2/c1-5-6-27(21-34(36)39-4)26-8-10-28(11-9-26)40-22-25-7-14-33-32(20-25)35(24(3)42-33)31-13-12-30(19-23(31)2)41-29-15-17-43(37,38)18-16-29/h7-14,19-20,27,29,37-38H,15-18,21-22H2,1-4H3/t27-/m0/s1. The molecule has 1 aromatic heterocycles. The Morgan fingerprint density at radius 2 is 1.74 bits per heavy atom. The highest BCUT2D eigenvalue weighted by Crippen LogP contribution is 2.45. The molecule has 1 aliphatic rings. The molecule has 1 fully saturated rings. The Bertz CT molecular complexity index is 1650. The molecule has 2 heterocycles. The second-order valence-electron chi connectivity index (χ2n) is 11.0. The van der Waals surface area contributed by atoms with Gasteiger partial charge in [-0.05, 0) is 79.4 Å². The number of aryl methyl sites for hydroxylation is 2. The van der Waals surface area contributed by atoms with Gasteiger partial charge in [0.1, 0.15) is 24.2 Å². The Labute approximate surface area is 259 Å². The van der Waals surface area contributed by atoms with E-state index in [1.165, 1.54) is 33.2 Å². The summed E-state index contributed by atoms with van der Waals surface area (Å²) in [4.78, 5) is 13.1. The van der Waals surface area contributed by atoms with Crippen molar-refractivity contribution in [3.05, 3.63) is 82.2 Å². The average molecular weight is 619 g/mol. The first-order chi connectivity index (χ1) is 20.7. The molecule has 0 amide bonds. The lowest BCUT2D eigenvalue weighted by atomic mass is 9.96. The first kappa shape index (κ1) is 31.0. The fourth-order valence-corrected chi connectivity index (χ4v) is 8.06. The molecule has 43 heavy (non-hydrogen) atoms. The quantitative estimate of drug-likeness (QED) is 0.144. The number of ether oxygens (including phenoxy) is 3. The lowest BCUT2D eigenvalue weighted by molar-refractivity contribution is -0.140. The van der Waals surface area contributed by atoms with Gasteiger partial charge in [0.15, 0.2) is 0 Å². The topological polar surface area (TPSA) is 85.2 Å². The van der Waals surface area contributed by atoms with Crippen molar-refractivity contribution in [2.75, 3.05) is 18.6 Å². The Morgan fingerprint density at radius 3 is 2.42 bits per heavy atom. The van der Waals surface area contributed by atoms with E-state index < -0.39 is 10.6 Å². The summed E-state index contributed by atoms with van der Waals surface area (Å²) in [5.74, 6) is 7.90. The molecule has 2 N–H and O–H groups in total. The normalized spacial score (nSPS) is 16.1. The predicted octanol–water partition coefficient (Wildman–Crippen LogP) is 8.73. The Balaban J connectivity index is 1.30. The average Bonchev–Trinajstić information content (AvgIpc) is 3.32. The van der Waals surface area contributed by atoms with Crippen LogP contribution in [0.4, 0.5) is 0 Å². The first-order valence-electron chi connectivity index (χ1n) is 14.4. The van der Waals surface area contributed by atoms with Gasteiger partial charge in [-0.25, -0.2) is 0 Å². The monoisotopic (exact) mass is 618 g/mol. The van der Waals surface area contributed by atoms with E-state index >= 15 is 0 Å². The van der Waals surface area contributed by atoms with Gasteiger partial charge in [0.2, 0.25) is 0 Å². The van der Waals surface area contributed by atoms with E-state index in [1.807, 2.05) is 30.3 Å². The zero-order valence-electron chi connectivity index (χ0n) is 25.0. The van der Waals surface area contributed by atoms with Crippen molar-refractivity contribution in [3.8, 4) is 34.5 Å². The molecule has 4 aromatic rings. The van der Waals surface area contributed by atoms with Gasteiger partial charge >= 0.3 is 5.97 Å². The molecule has 1 atom stereocenters. The third-order valence-electron chi connectivity index (χ3n) is 7.84. The van der Waals surface area contributed by atoms with Gasteiger partial charge in [0.05, 0.1) is 19.4 Å². The number of benzene rings is 3. The van der Waals surface area contributed by atoms with Gasteiger partial charge in [0.25, 0.3) is 0 Å². The molecular formula is C35H38O6S2. The van der Waals surface area contributed by atoms with Crippen molar-refractivity contribution in [1.29, 1.82) is 0 Å². The van der Waals surface area contributed by atoms with E-state index in [2.05, 4.69) is 56.0 Å². The van der Waals surface area contributed by atoms with Crippen LogP contribution in [0, 0.1) is 25.7 Å². The molecule has 0 saturated carbocycles. The van der Waals surface area contributed by atoms with E-state index in [0.29, 0.717) is 31.0 Å². The fourth-order valence-electron chi connectivity index (χ4n) is 5.52. The van der Waals surface area contributed by atoms with Crippen LogP contribution >= 0.6 is 21.9 Å². The number of carbonyl (C=O) groups is 1. The molecule has 0 unspecified atom stereocenters. The molecule has 5 rings (SSSR count). The third kappa shape index (κ3) is 7.54. The van der Waals surface area contributed by atoms with E-state index in [0.717, 1.165) is 28.2 Å². The highest BCUT2D eigenvalue weighted by Gasteiger charge is 2.25. The summed E-state index contributed by atoms with van der Waals surface area (Å²) in [6, 6.07) is 20.5. The summed E-state index contributed by atoms with van der Waals surface area (Å²) < 4.78 is 38.2. The van der Waals surface area contributed by atoms with Gasteiger partial charge in [0, 0.05) is 44.9 Å². The summed E-state index contributed by atoms with van der Waals surface area (Å²) in [7, 11) is -1.03. The summed E-state index contributed by atoms with van der Waals surface area (Å²) in [5, 5.41) is 1.21. The van der Waals surface area contributed by atoms with Crippen LogP contribution in [-0.4, -0.2) is 39.8 Å². The fraction of sp³-hybridized carbons (Fsp3) is 0.343. The molecule has 1 aliphatic heterocycles. The number of fused-ring (bicyclic) bond motifs is 1. The molecule has 0 bridgehead atoms. The van der Waals surface area contributed by atoms with Crippen molar-refractivity contribution < 1.29 is 28.1 Å². The maximum absolute atomic E-state index is 11.8. The second-order valence-corrected chi connectivity index (χ2v) is 14.6. The number of hydrogen-bond acceptors (Lipinski definition) is 7. The number of carbonyl (C=O) groups excluding carboxylic acids is 1. The van der Waals surface area contributed by atoms with Crippen LogP contribution in [-0.2, 0) is 16.1 Å². The van der Waals surface area contributed by atoms with E-state index in [1.54, 1.807) is 18.3 Å². The van der Waals surface area contributed by atoms with Gasteiger partial charge in [-0.3, -0.25) is 13.9 Å². The van der Waals surface area contributed by atoms with Gasteiger partial charge in [-0.15, -0.1) is 17.3 Å². The number of methoxy groups -OCH3 is 1. The van der Waals surface area contributed by atoms with Crippen molar-refractivity contribution in [3.63, 3.8) is 0 Å². The molecule has 0 spiro atoms. The molecule has 0 radical (unpaired) electrons. The Hall–Kier alpha value is -3.48. The number of thiophene rings is 1. The van der Waals surface area contributed by atoms with Crippen molar-refractivity contribution in [2.24, 2.45) is 0 Å². The number of esters is 1. The van der Waals surface area contributed by atoms with Crippen LogP contribution in [0.3, 0.4) is 0 Å². The highest BCUT2D eigenvalue weighted by atomic mass is 32.3. The lowest BCUT2D eigenvalue weighted by Gasteiger charge is -2.39. The van der Waals surface area contributed by atoms with Crippen molar-refractivity contribution in [1.82, 2.24) is 0 Å². The lowest BCUT2D eigenvalue weighted by Crippen LogP contribution is -2.28. The van der Waals surface area contributed by atoms with Gasteiger partial charge in [-0.2, -0.15) is 10.6 Å². The van der Waals surface area contributed by atoms with E-state index in [-0.39, 0.29) is 24.4 Å². The molecule has 0 aliphatic carbocycles. The number of rotatable bonds is 9. The molecule has 1 saturated heterocycles. The summed E-state index contributed by atoms with van der Waals surface area (Å²) in [6.45, 7) is 6.48. The maximum atomic E-state index is 11.8. The molecule has 3 aromatic carbocycles. The molecule has 8 heteroatoms. The summed E-state index contributed by atoms with van der Waals surface area (Å²) >= 11 is 1.79. The van der Waals surface area contributed by atoms with E-state index in [4.69, 9.17) is 14.2 Å².